The Bertz CT molecular complexity index is 1080. The summed E-state index contributed by atoms with van der Waals surface area (Å²) in [6.45, 7) is 2.81. The highest BCUT2D eigenvalue weighted by Gasteiger charge is 2.40. The van der Waals surface area contributed by atoms with Gasteiger partial charge in [0.2, 0.25) is 16.0 Å². The third-order valence-corrected chi connectivity index (χ3v) is 6.53. The van der Waals surface area contributed by atoms with E-state index in [4.69, 9.17) is 5.11 Å². The van der Waals surface area contributed by atoms with Crippen LogP contribution in [0.2, 0.25) is 0 Å². The zero-order valence-electron chi connectivity index (χ0n) is 16.0. The van der Waals surface area contributed by atoms with E-state index in [1.807, 2.05) is 0 Å². The van der Waals surface area contributed by atoms with Gasteiger partial charge in [-0.1, -0.05) is 12.7 Å². The molecule has 9 nitrogen and oxygen atoms in total. The number of nitrogens with zero attached hydrogens (tertiary/aromatic N) is 4. The van der Waals surface area contributed by atoms with Crippen molar-refractivity contribution in [2.75, 3.05) is 31.5 Å². The second kappa shape index (κ2) is 8.51. The molecule has 2 aromatic rings. The number of benzene rings is 1. The highest BCUT2D eigenvalue weighted by Crippen LogP contribution is 2.37. The molecule has 0 saturated carbocycles. The van der Waals surface area contributed by atoms with Gasteiger partial charge in [0.1, 0.15) is 0 Å². The molecule has 0 atom stereocenters. The van der Waals surface area contributed by atoms with Crippen molar-refractivity contribution >= 4 is 33.8 Å². The van der Waals surface area contributed by atoms with Crippen LogP contribution >= 0.6 is 0 Å². The van der Waals surface area contributed by atoms with Crippen molar-refractivity contribution in [2.24, 2.45) is 0 Å². The number of hydrogen-bond donors (Lipinski definition) is 2. The van der Waals surface area contributed by atoms with Crippen LogP contribution in [0.15, 0.2) is 42.1 Å². The van der Waals surface area contributed by atoms with Crippen LogP contribution in [-0.2, 0) is 16.2 Å². The molecule has 2 heterocycles. The fourth-order valence-corrected chi connectivity index (χ4v) is 4.56. The predicted molar refractivity (Wildman–Crippen MR) is 105 cm³/mol. The molecule has 1 saturated heterocycles. The van der Waals surface area contributed by atoms with E-state index in [0.29, 0.717) is 11.6 Å². The minimum Gasteiger partial charge on any atom is -0.465 e. The Labute approximate surface area is 175 Å². The number of halogens is 3. The third-order valence-electron chi connectivity index (χ3n) is 4.58. The predicted octanol–water partition coefficient (Wildman–Crippen LogP) is 2.87. The molecular weight excluding hydrogens is 439 g/mol. The van der Waals surface area contributed by atoms with Crippen LogP contribution in [-0.4, -0.2) is 65.0 Å². The molecular formula is C18H18F3N5O4S. The van der Waals surface area contributed by atoms with Gasteiger partial charge in [-0.15, -0.1) is 0 Å². The molecule has 0 aliphatic carbocycles. The molecule has 1 amide bonds. The molecule has 1 aliphatic rings. The Morgan fingerprint density at radius 3 is 2.29 bits per heavy atom. The van der Waals surface area contributed by atoms with Crippen LogP contribution in [0.1, 0.15) is 11.1 Å². The van der Waals surface area contributed by atoms with Gasteiger partial charge >= 0.3 is 12.3 Å². The van der Waals surface area contributed by atoms with E-state index in [1.54, 1.807) is 0 Å². The Kier molecular flexibility index (Phi) is 6.18. The monoisotopic (exact) mass is 457 g/mol. The van der Waals surface area contributed by atoms with E-state index in [9.17, 15) is 26.4 Å². The number of sulfonamides is 1. The lowest BCUT2D eigenvalue weighted by Gasteiger charge is -2.32. The largest absolute Gasteiger partial charge is 0.465 e. The number of aromatic nitrogens is 2. The topological polar surface area (TPSA) is 116 Å². The number of piperazine rings is 1. The van der Waals surface area contributed by atoms with Crippen LogP contribution in [0, 0.1) is 0 Å². The number of hydrogen-bond acceptors (Lipinski definition) is 6. The number of carboxylic acid groups (broad SMARTS) is 1. The normalized spacial score (nSPS) is 15.5. The maximum Gasteiger partial charge on any atom is 0.417 e. The molecule has 1 fully saturated rings. The van der Waals surface area contributed by atoms with Gasteiger partial charge in [0.15, 0.2) is 0 Å². The lowest BCUT2D eigenvalue weighted by Crippen LogP contribution is -2.50. The lowest BCUT2D eigenvalue weighted by molar-refractivity contribution is -0.139. The van der Waals surface area contributed by atoms with Crippen LogP contribution in [0.4, 0.5) is 29.6 Å². The first-order chi connectivity index (χ1) is 14.5. The SMILES string of the molecule is C=Cc1cnc(Nc2ccc(S(=O)(=O)N3CCN(C(=O)O)CC3)c(C(F)(F)F)c2)nc1. The molecule has 0 spiro atoms. The zero-order valence-corrected chi connectivity index (χ0v) is 16.8. The fraction of sp³-hybridized carbons (Fsp3) is 0.278. The van der Waals surface area contributed by atoms with Crippen LogP contribution in [0.3, 0.4) is 0 Å². The summed E-state index contributed by atoms with van der Waals surface area (Å²) in [6, 6.07) is 2.72. The Morgan fingerprint density at radius 1 is 1.16 bits per heavy atom. The Hall–Kier alpha value is -3.19. The molecule has 1 aliphatic heterocycles. The smallest absolute Gasteiger partial charge is 0.417 e. The van der Waals surface area contributed by atoms with Gasteiger partial charge in [-0.25, -0.2) is 23.2 Å². The summed E-state index contributed by atoms with van der Waals surface area (Å²) in [6.07, 6.45) is -1.82. The van der Waals surface area contributed by atoms with Crippen molar-refractivity contribution in [3.8, 4) is 0 Å². The zero-order chi connectivity index (χ0) is 22.8. The minimum atomic E-state index is -4.95. The third kappa shape index (κ3) is 4.94. The van der Waals surface area contributed by atoms with Crippen molar-refractivity contribution < 1.29 is 31.5 Å². The second-order valence-corrected chi connectivity index (χ2v) is 8.46. The quantitative estimate of drug-likeness (QED) is 0.709. The maximum atomic E-state index is 13.7. The summed E-state index contributed by atoms with van der Waals surface area (Å²) in [5.74, 6) is 0.0270. The molecule has 13 heteroatoms. The number of anilines is 2. The summed E-state index contributed by atoms with van der Waals surface area (Å²) in [4.78, 5) is 19.0. The van der Waals surface area contributed by atoms with Gasteiger partial charge < -0.3 is 15.3 Å². The van der Waals surface area contributed by atoms with Gasteiger partial charge in [0.05, 0.1) is 10.5 Å². The number of carbonyl (C=O) groups is 1. The fourth-order valence-electron chi connectivity index (χ4n) is 2.95. The van der Waals surface area contributed by atoms with Crippen molar-refractivity contribution in [2.45, 2.75) is 11.1 Å². The van der Waals surface area contributed by atoms with E-state index in [0.717, 1.165) is 15.3 Å². The molecule has 2 N–H and O–H groups in total. The van der Waals surface area contributed by atoms with Gasteiger partial charge in [0.25, 0.3) is 0 Å². The summed E-state index contributed by atoms with van der Waals surface area (Å²) < 4.78 is 67.7. The van der Waals surface area contributed by atoms with Crippen LogP contribution < -0.4 is 5.32 Å². The van der Waals surface area contributed by atoms with Gasteiger partial charge in [-0.2, -0.15) is 17.5 Å². The van der Waals surface area contributed by atoms with Crippen molar-refractivity contribution in [1.82, 2.24) is 19.2 Å². The summed E-state index contributed by atoms with van der Waals surface area (Å²) in [5.41, 5.74) is -0.778. The standard InChI is InChI=1S/C18H18F3N5O4S/c1-2-12-10-22-16(23-11-12)24-13-3-4-15(14(9-13)18(19,20)21)31(29,30)26-7-5-25(6-8-26)17(27)28/h2-4,9-11H,1,5-8H2,(H,27,28)(H,22,23,24). The first kappa shape index (κ1) is 22.5. The maximum absolute atomic E-state index is 13.7. The molecule has 3 rings (SSSR count). The average molecular weight is 457 g/mol. The molecule has 166 valence electrons. The number of rotatable bonds is 5. The number of amides is 1. The number of nitrogens with one attached hydrogen (secondary N) is 1. The molecule has 31 heavy (non-hydrogen) atoms. The molecule has 1 aromatic heterocycles. The average Bonchev–Trinajstić information content (AvgIpc) is 2.73. The Balaban J connectivity index is 1.91. The first-order valence-corrected chi connectivity index (χ1v) is 10.4. The van der Waals surface area contributed by atoms with Gasteiger partial charge in [-0.3, -0.25) is 0 Å². The molecule has 0 radical (unpaired) electrons. The van der Waals surface area contributed by atoms with E-state index >= 15 is 0 Å². The van der Waals surface area contributed by atoms with Crippen molar-refractivity contribution in [3.63, 3.8) is 0 Å². The lowest BCUT2D eigenvalue weighted by atomic mass is 10.2. The summed E-state index contributed by atoms with van der Waals surface area (Å²) in [5, 5.41) is 11.6. The van der Waals surface area contributed by atoms with Crippen molar-refractivity contribution in [1.29, 1.82) is 0 Å². The highest BCUT2D eigenvalue weighted by atomic mass is 32.2. The van der Waals surface area contributed by atoms with E-state index in [1.165, 1.54) is 24.5 Å². The van der Waals surface area contributed by atoms with Crippen LogP contribution in [0.5, 0.6) is 0 Å². The van der Waals surface area contributed by atoms with Gasteiger partial charge in [-0.05, 0) is 18.2 Å². The molecule has 0 bridgehead atoms. The number of alkyl halides is 3. The van der Waals surface area contributed by atoms with Crippen molar-refractivity contribution in [3.05, 3.63) is 48.3 Å². The second-order valence-electron chi connectivity index (χ2n) is 6.55. The highest BCUT2D eigenvalue weighted by molar-refractivity contribution is 7.89. The van der Waals surface area contributed by atoms with Gasteiger partial charge in [0, 0.05) is 49.8 Å². The summed E-state index contributed by atoms with van der Waals surface area (Å²) in [7, 11) is -4.50. The molecule has 0 unspecified atom stereocenters. The van der Waals surface area contributed by atoms with Crippen LogP contribution in [0.25, 0.3) is 6.08 Å². The van der Waals surface area contributed by atoms with E-state index in [2.05, 4.69) is 21.9 Å². The van der Waals surface area contributed by atoms with E-state index < -0.39 is 32.8 Å². The Morgan fingerprint density at radius 2 is 1.77 bits per heavy atom. The van der Waals surface area contributed by atoms with E-state index in [-0.39, 0.29) is 37.8 Å². The minimum absolute atomic E-state index is 0.0270. The first-order valence-electron chi connectivity index (χ1n) is 8.93. The summed E-state index contributed by atoms with van der Waals surface area (Å²) >= 11 is 0. The molecule has 1 aromatic carbocycles.